The van der Waals surface area contributed by atoms with Crippen LogP contribution in [0.2, 0.25) is 5.02 Å². The second-order valence-corrected chi connectivity index (χ2v) is 6.94. The van der Waals surface area contributed by atoms with Crippen molar-refractivity contribution in [2.45, 2.75) is 13.5 Å². The highest BCUT2D eigenvalue weighted by Crippen LogP contribution is 2.24. The maximum absolute atomic E-state index is 12.9. The van der Waals surface area contributed by atoms with Crippen molar-refractivity contribution in [2.75, 3.05) is 0 Å². The van der Waals surface area contributed by atoms with Crippen LogP contribution >= 0.6 is 11.6 Å². The van der Waals surface area contributed by atoms with E-state index in [0.717, 1.165) is 33.6 Å². The van der Waals surface area contributed by atoms with Crippen LogP contribution in [0.25, 0.3) is 39.3 Å². The first-order valence-electron chi connectivity index (χ1n) is 8.98. The molecule has 0 unspecified atom stereocenters. The summed E-state index contributed by atoms with van der Waals surface area (Å²) in [7, 11) is 0. The minimum atomic E-state index is -0.0951. The molecule has 0 fully saturated rings. The van der Waals surface area contributed by atoms with E-state index < -0.39 is 0 Å². The van der Waals surface area contributed by atoms with Crippen molar-refractivity contribution in [2.24, 2.45) is 0 Å². The Balaban J connectivity index is 1.61. The number of aromatic amines is 1. The van der Waals surface area contributed by atoms with Crippen LogP contribution in [-0.2, 0) is 6.54 Å². The van der Waals surface area contributed by atoms with Crippen LogP contribution in [0.4, 0.5) is 0 Å². The van der Waals surface area contributed by atoms with Crippen molar-refractivity contribution in [3.8, 4) is 17.1 Å². The van der Waals surface area contributed by atoms with E-state index in [-0.39, 0.29) is 5.69 Å². The summed E-state index contributed by atoms with van der Waals surface area (Å²) >= 11 is 6.05. The van der Waals surface area contributed by atoms with Crippen molar-refractivity contribution >= 4 is 33.8 Å². The summed E-state index contributed by atoms with van der Waals surface area (Å²) in [6, 6.07) is 17.1. The largest absolute Gasteiger partial charge is 0.338 e. The Bertz CT molecular complexity index is 1380. The van der Waals surface area contributed by atoms with Crippen molar-refractivity contribution in [3.05, 3.63) is 76.3 Å². The molecule has 0 saturated carbocycles. The summed E-state index contributed by atoms with van der Waals surface area (Å²) < 4.78 is 3.36. The predicted molar refractivity (Wildman–Crippen MR) is 111 cm³/mol. The molecule has 1 N–H and O–H groups in total. The zero-order valence-electron chi connectivity index (χ0n) is 15.1. The second-order valence-electron chi connectivity index (χ2n) is 6.50. The Morgan fingerprint density at radius 1 is 1.11 bits per heavy atom. The van der Waals surface area contributed by atoms with Gasteiger partial charge in [0.2, 0.25) is 0 Å². The maximum atomic E-state index is 12.9. The van der Waals surface area contributed by atoms with E-state index in [0.29, 0.717) is 17.2 Å². The third kappa shape index (κ3) is 2.53. The minimum Gasteiger partial charge on any atom is -0.338 e. The van der Waals surface area contributed by atoms with Crippen molar-refractivity contribution in [3.63, 3.8) is 0 Å². The van der Waals surface area contributed by atoms with Crippen LogP contribution in [0.1, 0.15) is 6.92 Å². The first-order valence-corrected chi connectivity index (χ1v) is 9.36. The fourth-order valence-electron chi connectivity index (χ4n) is 3.51. The number of benzene rings is 2. The molecule has 0 amide bonds. The third-order valence-electron chi connectivity index (χ3n) is 4.84. The molecular formula is C21H16ClN5O. The topological polar surface area (TPSA) is 68.5 Å². The van der Waals surface area contributed by atoms with E-state index >= 15 is 0 Å². The molecule has 7 heteroatoms. The van der Waals surface area contributed by atoms with Gasteiger partial charge in [-0.1, -0.05) is 11.6 Å². The van der Waals surface area contributed by atoms with Gasteiger partial charge in [-0.15, -0.1) is 0 Å². The van der Waals surface area contributed by atoms with E-state index in [2.05, 4.69) is 15.0 Å². The highest BCUT2D eigenvalue weighted by atomic mass is 35.5. The number of H-pyrrole nitrogens is 1. The number of hydrogen-bond acceptors (Lipinski definition) is 3. The van der Waals surface area contributed by atoms with Gasteiger partial charge in [0.15, 0.2) is 5.65 Å². The van der Waals surface area contributed by atoms with Gasteiger partial charge < -0.3 is 4.98 Å². The van der Waals surface area contributed by atoms with Crippen molar-refractivity contribution in [1.82, 2.24) is 24.1 Å². The molecule has 0 aliphatic carbocycles. The highest BCUT2D eigenvalue weighted by Gasteiger charge is 2.14. The lowest BCUT2D eigenvalue weighted by molar-refractivity contribution is 0.728. The van der Waals surface area contributed by atoms with Gasteiger partial charge in [-0.05, 0) is 61.5 Å². The lowest BCUT2D eigenvalue weighted by atomic mass is 10.2. The molecule has 6 nitrogen and oxygen atoms in total. The Hall–Kier alpha value is -3.38. The third-order valence-corrected chi connectivity index (χ3v) is 5.08. The van der Waals surface area contributed by atoms with Gasteiger partial charge in [-0.3, -0.25) is 9.13 Å². The van der Waals surface area contributed by atoms with E-state index in [1.54, 1.807) is 15.3 Å². The van der Waals surface area contributed by atoms with Crippen molar-refractivity contribution in [1.29, 1.82) is 0 Å². The molecule has 28 heavy (non-hydrogen) atoms. The minimum absolute atomic E-state index is 0.0951. The van der Waals surface area contributed by atoms with Gasteiger partial charge in [-0.25, -0.2) is 14.8 Å². The number of halogens is 1. The van der Waals surface area contributed by atoms with Crippen LogP contribution in [-0.4, -0.2) is 24.1 Å². The van der Waals surface area contributed by atoms with Crippen LogP contribution < -0.4 is 5.69 Å². The number of imidazole rings is 2. The average molecular weight is 390 g/mol. The quantitative estimate of drug-likeness (QED) is 0.497. The van der Waals surface area contributed by atoms with Gasteiger partial charge >= 0.3 is 5.69 Å². The van der Waals surface area contributed by atoms with Crippen LogP contribution in [0, 0.1) is 0 Å². The van der Waals surface area contributed by atoms with Gasteiger partial charge in [0.25, 0.3) is 0 Å². The van der Waals surface area contributed by atoms with E-state index in [1.165, 1.54) is 0 Å². The number of nitrogens with zero attached hydrogens (tertiary/aromatic N) is 4. The molecule has 0 spiro atoms. The molecule has 3 heterocycles. The van der Waals surface area contributed by atoms with Gasteiger partial charge in [-0.2, -0.15) is 0 Å². The molecule has 2 aromatic carbocycles. The molecule has 0 aliphatic heterocycles. The zero-order valence-corrected chi connectivity index (χ0v) is 15.8. The average Bonchev–Trinajstić information content (AvgIpc) is 3.25. The van der Waals surface area contributed by atoms with E-state index in [1.807, 2.05) is 61.5 Å². The smallest absolute Gasteiger partial charge is 0.334 e. The molecule has 3 aromatic heterocycles. The summed E-state index contributed by atoms with van der Waals surface area (Å²) in [5.41, 5.74) is 4.85. The molecule has 0 saturated heterocycles. The summed E-state index contributed by atoms with van der Waals surface area (Å²) in [5, 5.41) is 0.665. The molecule has 0 aliphatic rings. The summed E-state index contributed by atoms with van der Waals surface area (Å²) in [4.78, 5) is 25.2. The molecule has 0 bridgehead atoms. The number of fused-ring (bicyclic) bond motifs is 2. The molecule has 138 valence electrons. The normalized spacial score (nSPS) is 11.5. The molecule has 0 atom stereocenters. The Kier molecular flexibility index (Phi) is 3.80. The maximum Gasteiger partial charge on any atom is 0.334 e. The number of aryl methyl sites for hydroxylation is 1. The van der Waals surface area contributed by atoms with Gasteiger partial charge in [0, 0.05) is 23.3 Å². The number of nitrogens with one attached hydrogen (secondary N) is 1. The fourth-order valence-corrected chi connectivity index (χ4v) is 3.68. The monoisotopic (exact) mass is 389 g/mol. The van der Waals surface area contributed by atoms with Crippen LogP contribution in [0.15, 0.2) is 65.6 Å². The van der Waals surface area contributed by atoms with Crippen LogP contribution in [0.5, 0.6) is 0 Å². The summed E-state index contributed by atoms with van der Waals surface area (Å²) in [6.07, 6.45) is 1.70. The van der Waals surface area contributed by atoms with Gasteiger partial charge in [0.05, 0.1) is 22.2 Å². The van der Waals surface area contributed by atoms with E-state index in [4.69, 9.17) is 11.6 Å². The molecular weight excluding hydrogens is 374 g/mol. The first kappa shape index (κ1) is 16.8. The Morgan fingerprint density at radius 3 is 2.71 bits per heavy atom. The van der Waals surface area contributed by atoms with E-state index in [9.17, 15) is 4.79 Å². The number of rotatable bonds is 3. The number of hydrogen-bond donors (Lipinski definition) is 1. The number of aromatic nitrogens is 5. The zero-order chi connectivity index (χ0) is 19.3. The Morgan fingerprint density at radius 2 is 1.93 bits per heavy atom. The fraction of sp³-hybridized carbons (Fsp3) is 0.0952. The summed E-state index contributed by atoms with van der Waals surface area (Å²) in [5.74, 6) is 0.758. The van der Waals surface area contributed by atoms with Crippen LogP contribution in [0.3, 0.4) is 0 Å². The van der Waals surface area contributed by atoms with Gasteiger partial charge in [0.1, 0.15) is 5.82 Å². The lowest BCUT2D eigenvalue weighted by Gasteiger charge is -2.04. The lowest BCUT2D eigenvalue weighted by Crippen LogP contribution is -2.22. The summed E-state index contributed by atoms with van der Waals surface area (Å²) in [6.45, 7) is 2.51. The molecule has 5 aromatic rings. The second kappa shape index (κ2) is 6.35. The highest BCUT2D eigenvalue weighted by molar-refractivity contribution is 6.31. The molecule has 5 rings (SSSR count). The first-order chi connectivity index (χ1) is 13.7. The number of pyridine rings is 1. The standard InChI is InChI=1S/C21H16ClN5O/c1-2-26-20-18(4-3-11-23-20)27(21(26)28)15-8-5-13(6-9-15)19-24-16-10-7-14(22)12-17(16)25-19/h3-12H,2H2,1H3,(H,24,25). The SMILES string of the molecule is CCn1c(=O)n(-c2ccc(-c3nc4ccc(Cl)cc4[nH]3)cc2)c2cccnc21. The molecule has 0 radical (unpaired) electrons. The predicted octanol–water partition coefficient (Wildman–Crippen LogP) is 4.40. The Labute approximate surface area is 165 Å². The van der Waals surface area contributed by atoms with Crippen molar-refractivity contribution < 1.29 is 0 Å².